The molecule has 1 aliphatic rings. The normalized spacial score (nSPS) is 13.9. The summed E-state index contributed by atoms with van der Waals surface area (Å²) in [6.07, 6.45) is 4.50. The summed E-state index contributed by atoms with van der Waals surface area (Å²) in [4.78, 5) is 11.4. The van der Waals surface area contributed by atoms with Gasteiger partial charge in [-0.25, -0.2) is 0 Å². The first kappa shape index (κ1) is 21.9. The highest BCUT2D eigenvalue weighted by Gasteiger charge is 2.18. The second-order valence-electron chi connectivity index (χ2n) is 8.32. The molecule has 10 heteroatoms. The van der Waals surface area contributed by atoms with Crippen LogP contribution < -0.4 is 15.4 Å². The van der Waals surface area contributed by atoms with Crippen molar-refractivity contribution in [3.05, 3.63) is 59.9 Å². The van der Waals surface area contributed by atoms with Crippen LogP contribution in [-0.4, -0.2) is 62.4 Å². The van der Waals surface area contributed by atoms with Crippen LogP contribution in [0.25, 0.3) is 17.1 Å². The van der Waals surface area contributed by atoms with E-state index < -0.39 is 0 Å². The minimum Gasteiger partial charge on any atom is -0.463 e. The maximum atomic E-state index is 6.36. The lowest BCUT2D eigenvalue weighted by molar-refractivity contribution is 0.122. The molecule has 0 unspecified atom stereocenters. The van der Waals surface area contributed by atoms with Gasteiger partial charge in [-0.05, 0) is 18.6 Å². The van der Waals surface area contributed by atoms with Crippen molar-refractivity contribution in [1.82, 2.24) is 29.5 Å². The number of hydrogen-bond donors (Lipinski definition) is 1. The molecule has 1 saturated heterocycles. The summed E-state index contributed by atoms with van der Waals surface area (Å²) in [6.45, 7) is 5.28. The molecule has 10 nitrogen and oxygen atoms in total. The van der Waals surface area contributed by atoms with Gasteiger partial charge < -0.3 is 20.1 Å². The molecule has 0 amide bonds. The van der Waals surface area contributed by atoms with Gasteiger partial charge in [0.1, 0.15) is 11.6 Å². The van der Waals surface area contributed by atoms with E-state index in [4.69, 9.17) is 20.3 Å². The van der Waals surface area contributed by atoms with Gasteiger partial charge in [0.25, 0.3) is 0 Å². The summed E-state index contributed by atoms with van der Waals surface area (Å²) < 4.78 is 14.9. The molecule has 1 aliphatic heterocycles. The van der Waals surface area contributed by atoms with Crippen LogP contribution in [0, 0.1) is 6.92 Å². The Morgan fingerprint density at radius 1 is 1.09 bits per heavy atom. The van der Waals surface area contributed by atoms with Crippen molar-refractivity contribution in [2.24, 2.45) is 7.05 Å². The third-order valence-electron chi connectivity index (χ3n) is 5.66. The predicted molar refractivity (Wildman–Crippen MR) is 129 cm³/mol. The number of nitrogens with zero attached hydrogens (tertiary/aromatic N) is 7. The first-order chi connectivity index (χ1) is 16.5. The molecule has 5 rings (SSSR count). The van der Waals surface area contributed by atoms with Crippen molar-refractivity contribution in [3.8, 4) is 23.1 Å². The van der Waals surface area contributed by atoms with E-state index in [1.54, 1.807) is 9.36 Å². The molecule has 0 saturated carbocycles. The van der Waals surface area contributed by atoms with Crippen LogP contribution in [-0.2, 0) is 18.2 Å². The van der Waals surface area contributed by atoms with Crippen molar-refractivity contribution < 1.29 is 9.47 Å². The summed E-state index contributed by atoms with van der Waals surface area (Å²) >= 11 is 0. The van der Waals surface area contributed by atoms with Gasteiger partial charge in [0.05, 0.1) is 31.7 Å². The van der Waals surface area contributed by atoms with E-state index in [1.807, 2.05) is 43.7 Å². The van der Waals surface area contributed by atoms with E-state index in [1.165, 1.54) is 0 Å². The van der Waals surface area contributed by atoms with E-state index in [9.17, 15) is 0 Å². The Kier molecular flexibility index (Phi) is 6.13. The molecule has 0 atom stereocenters. The number of anilines is 2. The molecule has 3 aromatic heterocycles. The second kappa shape index (κ2) is 9.52. The maximum absolute atomic E-state index is 6.36. The summed E-state index contributed by atoms with van der Waals surface area (Å²) in [7, 11) is 1.89. The molecule has 0 aliphatic carbocycles. The number of aromatic nitrogens is 6. The zero-order valence-corrected chi connectivity index (χ0v) is 19.4. The number of nitrogens with two attached hydrogens (primary N) is 1. The number of rotatable bonds is 7. The van der Waals surface area contributed by atoms with Crippen molar-refractivity contribution in [1.29, 1.82) is 0 Å². The minimum absolute atomic E-state index is 0.287. The molecule has 4 heterocycles. The summed E-state index contributed by atoms with van der Waals surface area (Å²) in [5, 5.41) is 8.94. The average Bonchev–Trinajstić information content (AvgIpc) is 3.44. The molecule has 1 fully saturated rings. The summed E-state index contributed by atoms with van der Waals surface area (Å²) in [5.41, 5.74) is 10.4. The monoisotopic (exact) mass is 460 g/mol. The van der Waals surface area contributed by atoms with E-state index in [-0.39, 0.29) is 6.01 Å². The van der Waals surface area contributed by atoms with Gasteiger partial charge in [-0.1, -0.05) is 23.8 Å². The molecular formula is C24H28N8O2. The fourth-order valence-corrected chi connectivity index (χ4v) is 3.91. The van der Waals surface area contributed by atoms with E-state index in [0.717, 1.165) is 41.3 Å². The summed E-state index contributed by atoms with van der Waals surface area (Å²) in [5.74, 6) is 1.81. The maximum Gasteiger partial charge on any atom is 0.320 e. The van der Waals surface area contributed by atoms with Gasteiger partial charge in [0.2, 0.25) is 0 Å². The highest BCUT2D eigenvalue weighted by Crippen LogP contribution is 2.26. The minimum atomic E-state index is 0.287. The zero-order valence-electron chi connectivity index (χ0n) is 19.4. The molecule has 0 bridgehead atoms. The zero-order chi connectivity index (χ0) is 23.5. The quantitative estimate of drug-likeness (QED) is 0.448. The molecule has 34 heavy (non-hydrogen) atoms. The average molecular weight is 461 g/mol. The Bertz CT molecular complexity index is 1280. The SMILES string of the molecule is Cc1cccc(-c2cc(N)n(-c3cc(N4CCOCC4)nc(OCCc4cnn(C)c4)n3)n2)c1. The van der Waals surface area contributed by atoms with Gasteiger partial charge in [0, 0.05) is 50.5 Å². The first-order valence-electron chi connectivity index (χ1n) is 11.3. The topological polar surface area (TPSA) is 109 Å². The fraction of sp³-hybridized carbons (Fsp3) is 0.333. The van der Waals surface area contributed by atoms with Crippen LogP contribution in [0.4, 0.5) is 11.6 Å². The Morgan fingerprint density at radius 3 is 2.68 bits per heavy atom. The molecule has 0 spiro atoms. The van der Waals surface area contributed by atoms with Crippen molar-refractivity contribution in [2.75, 3.05) is 43.5 Å². The van der Waals surface area contributed by atoms with Crippen molar-refractivity contribution >= 4 is 11.6 Å². The third kappa shape index (κ3) is 4.86. The van der Waals surface area contributed by atoms with Crippen LogP contribution in [0.5, 0.6) is 6.01 Å². The van der Waals surface area contributed by atoms with Crippen LogP contribution in [0.2, 0.25) is 0 Å². The van der Waals surface area contributed by atoms with Gasteiger partial charge >= 0.3 is 6.01 Å². The molecule has 1 aromatic carbocycles. The Balaban J connectivity index is 1.45. The number of morpholine rings is 1. The second-order valence-corrected chi connectivity index (χ2v) is 8.32. The van der Waals surface area contributed by atoms with Gasteiger partial charge in [-0.15, -0.1) is 0 Å². The Morgan fingerprint density at radius 2 is 1.91 bits per heavy atom. The van der Waals surface area contributed by atoms with Gasteiger partial charge in [-0.2, -0.15) is 24.8 Å². The van der Waals surface area contributed by atoms with Crippen LogP contribution in [0.15, 0.2) is 48.8 Å². The smallest absolute Gasteiger partial charge is 0.320 e. The third-order valence-corrected chi connectivity index (χ3v) is 5.66. The molecule has 2 N–H and O–H groups in total. The first-order valence-corrected chi connectivity index (χ1v) is 11.3. The number of benzene rings is 1. The van der Waals surface area contributed by atoms with E-state index in [0.29, 0.717) is 37.9 Å². The van der Waals surface area contributed by atoms with Crippen LogP contribution >= 0.6 is 0 Å². The molecular weight excluding hydrogens is 432 g/mol. The Hall–Kier alpha value is -3.92. The molecule has 4 aromatic rings. The Labute approximate surface area is 197 Å². The van der Waals surface area contributed by atoms with Gasteiger partial charge in [0.15, 0.2) is 5.82 Å². The lowest BCUT2D eigenvalue weighted by atomic mass is 10.1. The standard InChI is InChI=1S/C24H28N8O2/c1-17-4-3-5-19(12-17)20-13-21(25)32(29-20)23-14-22(31-7-10-33-11-8-31)27-24(28-23)34-9-6-18-15-26-30(2)16-18/h3-5,12-16H,6-11,25H2,1-2H3. The molecule has 176 valence electrons. The van der Waals surface area contributed by atoms with Gasteiger partial charge in [-0.3, -0.25) is 4.68 Å². The summed E-state index contributed by atoms with van der Waals surface area (Å²) in [6, 6.07) is 12.2. The number of aryl methyl sites for hydroxylation is 2. The predicted octanol–water partition coefficient (Wildman–Crippen LogP) is 2.41. The van der Waals surface area contributed by atoms with Crippen molar-refractivity contribution in [2.45, 2.75) is 13.3 Å². The van der Waals surface area contributed by atoms with Crippen molar-refractivity contribution in [3.63, 3.8) is 0 Å². The fourth-order valence-electron chi connectivity index (χ4n) is 3.91. The number of hydrogen-bond acceptors (Lipinski definition) is 8. The molecule has 0 radical (unpaired) electrons. The van der Waals surface area contributed by atoms with E-state index in [2.05, 4.69) is 39.0 Å². The lowest BCUT2D eigenvalue weighted by Gasteiger charge is -2.28. The number of ether oxygens (including phenoxy) is 2. The number of nitrogen functional groups attached to an aromatic ring is 1. The van der Waals surface area contributed by atoms with Crippen LogP contribution in [0.3, 0.4) is 0 Å². The van der Waals surface area contributed by atoms with E-state index >= 15 is 0 Å². The highest BCUT2D eigenvalue weighted by molar-refractivity contribution is 5.64. The highest BCUT2D eigenvalue weighted by atomic mass is 16.5. The lowest BCUT2D eigenvalue weighted by Crippen LogP contribution is -2.37. The largest absolute Gasteiger partial charge is 0.463 e. The van der Waals surface area contributed by atoms with Crippen LogP contribution in [0.1, 0.15) is 11.1 Å².